The van der Waals surface area contributed by atoms with Crippen LogP contribution in [0.25, 0.3) is 22.8 Å². The fourth-order valence-corrected chi connectivity index (χ4v) is 2.93. The number of nitrogens with zero attached hydrogens (tertiary/aromatic N) is 2. The molecule has 1 atom stereocenters. The Morgan fingerprint density at radius 2 is 1.54 bits per heavy atom. The van der Waals surface area contributed by atoms with Crippen molar-refractivity contribution in [3.05, 3.63) is 84.4 Å². The van der Waals surface area contributed by atoms with Crippen molar-refractivity contribution >= 4 is 0 Å². The van der Waals surface area contributed by atoms with Crippen molar-refractivity contribution in [1.82, 2.24) is 10.1 Å². The van der Waals surface area contributed by atoms with E-state index in [1.54, 1.807) is 7.11 Å². The largest absolute Gasteiger partial charge is 0.493 e. The maximum atomic E-state index is 6.10. The van der Waals surface area contributed by atoms with Crippen molar-refractivity contribution < 1.29 is 14.0 Å². The second-order valence-corrected chi connectivity index (χ2v) is 6.33. The zero-order valence-corrected chi connectivity index (χ0v) is 15.7. The molecule has 0 spiro atoms. The van der Waals surface area contributed by atoms with E-state index in [-0.39, 0.29) is 6.10 Å². The molecule has 5 nitrogen and oxygen atoms in total. The zero-order chi connectivity index (χ0) is 19.3. The lowest BCUT2D eigenvalue weighted by atomic mass is 10.1. The summed E-state index contributed by atoms with van der Waals surface area (Å²) in [6.07, 6.45) is -0.101. The van der Waals surface area contributed by atoms with Crippen LogP contribution in [0.15, 0.2) is 83.4 Å². The van der Waals surface area contributed by atoms with Gasteiger partial charge in [0, 0.05) is 11.1 Å². The Kier molecular flexibility index (Phi) is 5.06. The van der Waals surface area contributed by atoms with Gasteiger partial charge >= 0.3 is 0 Å². The van der Waals surface area contributed by atoms with E-state index in [2.05, 4.69) is 10.1 Å². The molecule has 0 aliphatic carbocycles. The summed E-state index contributed by atoms with van der Waals surface area (Å²) in [5.74, 6) is 2.26. The summed E-state index contributed by atoms with van der Waals surface area (Å²) < 4.78 is 17.0. The second-order valence-electron chi connectivity index (χ2n) is 6.33. The van der Waals surface area contributed by atoms with Crippen LogP contribution in [0.1, 0.15) is 18.6 Å². The molecule has 0 aliphatic heterocycles. The minimum absolute atomic E-state index is 0.101. The Balaban J connectivity index is 1.58. The number of hydrogen-bond acceptors (Lipinski definition) is 5. The van der Waals surface area contributed by atoms with Crippen LogP contribution in [0.4, 0.5) is 0 Å². The van der Waals surface area contributed by atoms with Gasteiger partial charge in [0.25, 0.3) is 5.89 Å². The maximum Gasteiger partial charge on any atom is 0.258 e. The van der Waals surface area contributed by atoms with Gasteiger partial charge in [0.1, 0.15) is 6.10 Å². The summed E-state index contributed by atoms with van der Waals surface area (Å²) in [4.78, 5) is 4.49. The van der Waals surface area contributed by atoms with E-state index >= 15 is 0 Å². The normalized spacial score (nSPS) is 11.8. The summed E-state index contributed by atoms with van der Waals surface area (Å²) in [5, 5.41) is 4.09. The van der Waals surface area contributed by atoms with Crippen LogP contribution >= 0.6 is 0 Å². The molecule has 0 amide bonds. The van der Waals surface area contributed by atoms with E-state index in [0.29, 0.717) is 23.2 Å². The molecule has 3 aromatic carbocycles. The maximum absolute atomic E-state index is 6.10. The van der Waals surface area contributed by atoms with Crippen LogP contribution in [0.2, 0.25) is 0 Å². The molecule has 4 rings (SSSR count). The second kappa shape index (κ2) is 7.96. The fraction of sp³-hybridized carbons (Fsp3) is 0.130. The minimum Gasteiger partial charge on any atom is -0.493 e. The molecule has 5 heteroatoms. The molecule has 0 N–H and O–H groups in total. The molecule has 0 radical (unpaired) electrons. The summed E-state index contributed by atoms with van der Waals surface area (Å²) in [6, 6.07) is 25.3. The molecule has 0 saturated heterocycles. The summed E-state index contributed by atoms with van der Waals surface area (Å²) in [5.41, 5.74) is 2.77. The number of aromatic nitrogens is 2. The predicted octanol–water partition coefficient (Wildman–Crippen LogP) is 5.55. The van der Waals surface area contributed by atoms with Crippen LogP contribution in [0.5, 0.6) is 11.5 Å². The van der Waals surface area contributed by atoms with Crippen molar-refractivity contribution in [3.8, 4) is 34.3 Å². The quantitative estimate of drug-likeness (QED) is 0.444. The Hall–Kier alpha value is -3.60. The highest BCUT2D eigenvalue weighted by Crippen LogP contribution is 2.35. The third-order valence-electron chi connectivity index (χ3n) is 4.44. The van der Waals surface area contributed by atoms with Gasteiger partial charge in [-0.05, 0) is 42.8 Å². The first-order chi connectivity index (χ1) is 13.7. The van der Waals surface area contributed by atoms with E-state index in [9.17, 15) is 0 Å². The molecule has 0 bridgehead atoms. The van der Waals surface area contributed by atoms with Gasteiger partial charge in [0.05, 0.1) is 7.11 Å². The van der Waals surface area contributed by atoms with Crippen LogP contribution in [-0.2, 0) is 0 Å². The molecule has 28 heavy (non-hydrogen) atoms. The predicted molar refractivity (Wildman–Crippen MR) is 107 cm³/mol. The van der Waals surface area contributed by atoms with Gasteiger partial charge in [-0.25, -0.2) is 0 Å². The van der Waals surface area contributed by atoms with Gasteiger partial charge < -0.3 is 14.0 Å². The Morgan fingerprint density at radius 1 is 0.821 bits per heavy atom. The molecular formula is C23H20N2O3. The number of methoxy groups -OCH3 is 1. The van der Waals surface area contributed by atoms with E-state index in [4.69, 9.17) is 14.0 Å². The number of ether oxygens (including phenoxy) is 2. The average molecular weight is 372 g/mol. The van der Waals surface area contributed by atoms with Gasteiger partial charge in [-0.2, -0.15) is 4.98 Å². The lowest BCUT2D eigenvalue weighted by Crippen LogP contribution is -2.04. The fourth-order valence-electron chi connectivity index (χ4n) is 2.93. The van der Waals surface area contributed by atoms with Gasteiger partial charge in [-0.1, -0.05) is 53.7 Å². The molecule has 140 valence electrons. The van der Waals surface area contributed by atoms with Gasteiger partial charge in [-0.15, -0.1) is 0 Å². The van der Waals surface area contributed by atoms with Crippen molar-refractivity contribution in [2.75, 3.05) is 7.11 Å². The Bertz CT molecular complexity index is 1050. The first kappa shape index (κ1) is 17.8. The molecule has 0 aliphatic rings. The standard InChI is InChI=1S/C23H20N2O3/c1-16(17-9-5-3-6-10-17)27-20-14-13-19(15-21(20)26-2)22-24-23(28-25-22)18-11-7-4-8-12-18/h3-16H,1-2H3/t16-/m0/s1. The molecule has 1 heterocycles. The van der Waals surface area contributed by atoms with Crippen LogP contribution < -0.4 is 9.47 Å². The van der Waals surface area contributed by atoms with Crippen molar-refractivity contribution in [1.29, 1.82) is 0 Å². The molecule has 4 aromatic rings. The van der Waals surface area contributed by atoms with Crippen molar-refractivity contribution in [3.63, 3.8) is 0 Å². The highest BCUT2D eigenvalue weighted by atomic mass is 16.5. The van der Waals surface area contributed by atoms with Gasteiger partial charge in [0.2, 0.25) is 5.82 Å². The molecule has 1 aromatic heterocycles. The lowest BCUT2D eigenvalue weighted by molar-refractivity contribution is 0.216. The highest BCUT2D eigenvalue weighted by molar-refractivity contribution is 5.63. The molecule has 0 unspecified atom stereocenters. The SMILES string of the molecule is COc1cc(-c2noc(-c3ccccc3)n2)ccc1O[C@@H](C)c1ccccc1. The smallest absolute Gasteiger partial charge is 0.258 e. The highest BCUT2D eigenvalue weighted by Gasteiger charge is 2.15. The van der Waals surface area contributed by atoms with Crippen molar-refractivity contribution in [2.45, 2.75) is 13.0 Å². The topological polar surface area (TPSA) is 57.4 Å². The summed E-state index contributed by atoms with van der Waals surface area (Å²) >= 11 is 0. The van der Waals surface area contributed by atoms with Crippen molar-refractivity contribution in [2.24, 2.45) is 0 Å². The summed E-state index contributed by atoms with van der Waals surface area (Å²) in [7, 11) is 1.62. The Morgan fingerprint density at radius 3 is 2.25 bits per heavy atom. The van der Waals surface area contributed by atoms with E-state index < -0.39 is 0 Å². The molecule has 0 saturated carbocycles. The van der Waals surface area contributed by atoms with Gasteiger partial charge in [-0.3, -0.25) is 0 Å². The Labute approximate surface area is 163 Å². The van der Waals surface area contributed by atoms with Gasteiger partial charge in [0.15, 0.2) is 11.5 Å². The first-order valence-electron chi connectivity index (χ1n) is 9.04. The van der Waals surface area contributed by atoms with Crippen LogP contribution in [0, 0.1) is 0 Å². The third-order valence-corrected chi connectivity index (χ3v) is 4.44. The van der Waals surface area contributed by atoms with E-state index in [1.807, 2.05) is 85.8 Å². The molecular weight excluding hydrogens is 352 g/mol. The summed E-state index contributed by atoms with van der Waals surface area (Å²) in [6.45, 7) is 2.01. The monoisotopic (exact) mass is 372 g/mol. The number of benzene rings is 3. The van der Waals surface area contributed by atoms with Crippen LogP contribution in [-0.4, -0.2) is 17.3 Å². The first-order valence-corrected chi connectivity index (χ1v) is 9.04. The minimum atomic E-state index is -0.101. The van der Waals surface area contributed by atoms with E-state index in [1.165, 1.54) is 0 Å². The van der Waals surface area contributed by atoms with Crippen LogP contribution in [0.3, 0.4) is 0 Å². The average Bonchev–Trinajstić information content (AvgIpc) is 3.25. The third kappa shape index (κ3) is 3.74. The van der Waals surface area contributed by atoms with E-state index in [0.717, 1.165) is 16.7 Å². The zero-order valence-electron chi connectivity index (χ0n) is 15.7. The number of hydrogen-bond donors (Lipinski definition) is 0. The number of rotatable bonds is 6. The molecule has 0 fully saturated rings. The lowest BCUT2D eigenvalue weighted by Gasteiger charge is -2.17.